The number of aromatic nitrogens is 5. The monoisotopic (exact) mass is 350 g/mol. The average molecular weight is 350 g/mol. The van der Waals surface area contributed by atoms with Gasteiger partial charge in [-0.25, -0.2) is 19.5 Å². The lowest BCUT2D eigenvalue weighted by atomic mass is 9.97. The fourth-order valence-electron chi connectivity index (χ4n) is 3.59. The first-order valence-electron chi connectivity index (χ1n) is 8.60. The van der Waals surface area contributed by atoms with E-state index in [1.807, 2.05) is 41.1 Å². The molecule has 1 aliphatic rings. The predicted octanol–water partition coefficient (Wildman–Crippen LogP) is 3.53. The van der Waals surface area contributed by atoms with E-state index in [1.165, 1.54) is 35.1 Å². The van der Waals surface area contributed by atoms with Crippen LogP contribution in [0.15, 0.2) is 24.5 Å². The SMILES string of the molecule is Cc1nc(NCc2ccnc3ccnn23)c2c3c(sc2n1)CCCC3. The molecule has 0 spiro atoms. The Hall–Kier alpha value is -2.54. The van der Waals surface area contributed by atoms with Crippen molar-refractivity contribution < 1.29 is 0 Å². The summed E-state index contributed by atoms with van der Waals surface area (Å²) in [5.41, 5.74) is 3.37. The molecule has 0 radical (unpaired) electrons. The first-order chi connectivity index (χ1) is 12.3. The highest BCUT2D eigenvalue weighted by Crippen LogP contribution is 2.38. The molecule has 0 amide bonds. The van der Waals surface area contributed by atoms with E-state index in [1.54, 1.807) is 6.20 Å². The van der Waals surface area contributed by atoms with Gasteiger partial charge < -0.3 is 5.32 Å². The number of thiophene rings is 1. The molecular weight excluding hydrogens is 332 g/mol. The van der Waals surface area contributed by atoms with Crippen LogP contribution in [0, 0.1) is 6.92 Å². The van der Waals surface area contributed by atoms with E-state index in [0.29, 0.717) is 6.54 Å². The van der Waals surface area contributed by atoms with Crippen LogP contribution in [0.3, 0.4) is 0 Å². The number of anilines is 1. The highest BCUT2D eigenvalue weighted by molar-refractivity contribution is 7.19. The van der Waals surface area contributed by atoms with Crippen molar-refractivity contribution in [3.63, 3.8) is 0 Å². The summed E-state index contributed by atoms with van der Waals surface area (Å²) in [6, 6.07) is 3.90. The number of nitrogens with one attached hydrogen (secondary N) is 1. The van der Waals surface area contributed by atoms with E-state index in [9.17, 15) is 0 Å². The molecule has 0 bridgehead atoms. The maximum absolute atomic E-state index is 4.70. The molecule has 25 heavy (non-hydrogen) atoms. The minimum atomic E-state index is 0.650. The smallest absolute Gasteiger partial charge is 0.155 e. The van der Waals surface area contributed by atoms with Gasteiger partial charge in [0, 0.05) is 17.1 Å². The van der Waals surface area contributed by atoms with Crippen molar-refractivity contribution in [2.24, 2.45) is 0 Å². The van der Waals surface area contributed by atoms with Crippen LogP contribution in [0.4, 0.5) is 5.82 Å². The van der Waals surface area contributed by atoms with Crippen LogP contribution in [0.5, 0.6) is 0 Å². The number of hydrogen-bond donors (Lipinski definition) is 1. The number of hydrogen-bond acceptors (Lipinski definition) is 6. The minimum absolute atomic E-state index is 0.650. The lowest BCUT2D eigenvalue weighted by Gasteiger charge is -2.13. The van der Waals surface area contributed by atoms with Gasteiger partial charge >= 0.3 is 0 Å². The zero-order valence-electron chi connectivity index (χ0n) is 14.0. The molecule has 0 aliphatic heterocycles. The zero-order chi connectivity index (χ0) is 16.8. The molecule has 4 aromatic heterocycles. The third-order valence-electron chi connectivity index (χ3n) is 4.73. The first-order valence-corrected chi connectivity index (χ1v) is 9.41. The first kappa shape index (κ1) is 14.8. The Morgan fingerprint density at radius 1 is 1.16 bits per heavy atom. The van der Waals surface area contributed by atoms with Gasteiger partial charge in [0.15, 0.2) is 5.65 Å². The largest absolute Gasteiger partial charge is 0.364 e. The Morgan fingerprint density at radius 2 is 2.08 bits per heavy atom. The molecule has 4 aromatic rings. The molecular formula is C18H18N6S. The molecule has 7 heteroatoms. The van der Waals surface area contributed by atoms with Crippen molar-refractivity contribution in [3.8, 4) is 0 Å². The Balaban J connectivity index is 1.56. The van der Waals surface area contributed by atoms with E-state index < -0.39 is 0 Å². The highest BCUT2D eigenvalue weighted by atomic mass is 32.1. The molecule has 0 unspecified atom stereocenters. The molecule has 0 aromatic carbocycles. The molecule has 4 heterocycles. The maximum atomic E-state index is 4.70. The van der Waals surface area contributed by atoms with Crippen LogP contribution in [0.2, 0.25) is 0 Å². The average Bonchev–Trinajstić information content (AvgIpc) is 3.23. The van der Waals surface area contributed by atoms with Crippen molar-refractivity contribution in [2.45, 2.75) is 39.2 Å². The van der Waals surface area contributed by atoms with Crippen LogP contribution in [-0.2, 0) is 19.4 Å². The predicted molar refractivity (Wildman–Crippen MR) is 99.1 cm³/mol. The van der Waals surface area contributed by atoms with Crippen LogP contribution in [0.25, 0.3) is 15.9 Å². The summed E-state index contributed by atoms with van der Waals surface area (Å²) in [4.78, 5) is 16.3. The number of nitrogens with zero attached hydrogens (tertiary/aromatic N) is 5. The van der Waals surface area contributed by atoms with Gasteiger partial charge in [-0.2, -0.15) is 5.10 Å². The standard InChI is InChI=1S/C18H18N6S/c1-11-22-17(16-13-4-2-3-5-14(13)25-18(16)23-11)20-10-12-6-8-19-15-7-9-21-24(12)15/h6-9H,2-5,10H2,1H3,(H,20,22,23). The lowest BCUT2D eigenvalue weighted by molar-refractivity contribution is 0.700. The van der Waals surface area contributed by atoms with Gasteiger partial charge in [0.2, 0.25) is 0 Å². The van der Waals surface area contributed by atoms with Gasteiger partial charge in [0.1, 0.15) is 16.5 Å². The topological polar surface area (TPSA) is 68.0 Å². The van der Waals surface area contributed by atoms with Gasteiger partial charge in [-0.05, 0) is 44.2 Å². The zero-order valence-corrected chi connectivity index (χ0v) is 14.8. The molecule has 1 N–H and O–H groups in total. The normalized spacial score (nSPS) is 14.1. The molecule has 126 valence electrons. The second-order valence-electron chi connectivity index (χ2n) is 6.40. The Labute approximate surface area is 149 Å². The molecule has 1 aliphatic carbocycles. The second kappa shape index (κ2) is 5.77. The maximum Gasteiger partial charge on any atom is 0.155 e. The van der Waals surface area contributed by atoms with Gasteiger partial charge in [0.05, 0.1) is 23.8 Å². The van der Waals surface area contributed by atoms with E-state index in [0.717, 1.165) is 34.2 Å². The summed E-state index contributed by atoms with van der Waals surface area (Å²) >= 11 is 1.83. The summed E-state index contributed by atoms with van der Waals surface area (Å²) in [7, 11) is 0. The Morgan fingerprint density at radius 3 is 3.04 bits per heavy atom. The molecule has 6 nitrogen and oxygen atoms in total. The second-order valence-corrected chi connectivity index (χ2v) is 7.49. The molecule has 0 saturated heterocycles. The van der Waals surface area contributed by atoms with Crippen LogP contribution < -0.4 is 5.32 Å². The third-order valence-corrected chi connectivity index (χ3v) is 5.92. The number of rotatable bonds is 3. The summed E-state index contributed by atoms with van der Waals surface area (Å²) in [6.07, 6.45) is 8.44. The van der Waals surface area contributed by atoms with Gasteiger partial charge in [-0.1, -0.05) is 0 Å². The van der Waals surface area contributed by atoms with Crippen LogP contribution >= 0.6 is 11.3 Å². The van der Waals surface area contributed by atoms with Crippen molar-refractivity contribution in [1.82, 2.24) is 24.6 Å². The quantitative estimate of drug-likeness (QED) is 0.612. The minimum Gasteiger partial charge on any atom is -0.364 e. The highest BCUT2D eigenvalue weighted by Gasteiger charge is 2.20. The summed E-state index contributed by atoms with van der Waals surface area (Å²) in [5.74, 6) is 1.76. The number of aryl methyl sites for hydroxylation is 3. The fraction of sp³-hybridized carbons (Fsp3) is 0.333. The van der Waals surface area contributed by atoms with Crippen LogP contribution in [0.1, 0.15) is 34.8 Å². The summed E-state index contributed by atoms with van der Waals surface area (Å²) < 4.78 is 1.86. The van der Waals surface area contributed by atoms with Gasteiger partial charge in [-0.3, -0.25) is 0 Å². The number of fused-ring (bicyclic) bond motifs is 4. The molecule has 0 saturated carbocycles. The Bertz CT molecular complexity index is 1080. The lowest BCUT2D eigenvalue weighted by Crippen LogP contribution is -2.09. The van der Waals surface area contributed by atoms with Gasteiger partial charge in [0.25, 0.3) is 0 Å². The fourth-order valence-corrected chi connectivity index (χ4v) is 4.89. The Kier molecular flexibility index (Phi) is 3.41. The molecule has 5 rings (SSSR count). The van der Waals surface area contributed by atoms with E-state index in [-0.39, 0.29) is 0 Å². The van der Waals surface area contributed by atoms with E-state index in [4.69, 9.17) is 4.98 Å². The van der Waals surface area contributed by atoms with Crippen molar-refractivity contribution in [2.75, 3.05) is 5.32 Å². The summed E-state index contributed by atoms with van der Waals surface area (Å²) in [5, 5.41) is 9.10. The third kappa shape index (κ3) is 2.46. The molecule has 0 fully saturated rings. The van der Waals surface area contributed by atoms with E-state index in [2.05, 4.69) is 20.4 Å². The van der Waals surface area contributed by atoms with Crippen molar-refractivity contribution >= 4 is 33.0 Å². The van der Waals surface area contributed by atoms with Crippen molar-refractivity contribution in [1.29, 1.82) is 0 Å². The summed E-state index contributed by atoms with van der Waals surface area (Å²) in [6.45, 7) is 2.61. The van der Waals surface area contributed by atoms with Gasteiger partial charge in [-0.15, -0.1) is 11.3 Å². The van der Waals surface area contributed by atoms with Crippen molar-refractivity contribution in [3.05, 3.63) is 46.5 Å². The van der Waals surface area contributed by atoms with Crippen LogP contribution in [-0.4, -0.2) is 24.6 Å². The molecule has 0 atom stereocenters. The van der Waals surface area contributed by atoms with E-state index >= 15 is 0 Å².